The van der Waals surface area contributed by atoms with E-state index in [-0.39, 0.29) is 11.9 Å². The van der Waals surface area contributed by atoms with Gasteiger partial charge in [0, 0.05) is 42.5 Å². The first-order chi connectivity index (χ1) is 8.24. The molecule has 1 amide bonds. The van der Waals surface area contributed by atoms with Crippen LogP contribution in [0.4, 0.5) is 5.69 Å². The van der Waals surface area contributed by atoms with Gasteiger partial charge in [-0.05, 0) is 23.6 Å². The first kappa shape index (κ1) is 10.2. The number of nitrogens with zero attached hydrogens (tertiary/aromatic N) is 2. The molecule has 4 nitrogen and oxygen atoms in total. The molecule has 4 heteroatoms. The van der Waals surface area contributed by atoms with E-state index in [1.165, 1.54) is 0 Å². The molecular weight excluding hydrogens is 214 g/mol. The van der Waals surface area contributed by atoms with E-state index >= 15 is 0 Å². The summed E-state index contributed by atoms with van der Waals surface area (Å²) in [4.78, 5) is 17.6. The Hall–Kier alpha value is -1.94. The topological polar surface area (TPSA) is 59.2 Å². The summed E-state index contributed by atoms with van der Waals surface area (Å²) in [7, 11) is 0. The molecule has 86 valence electrons. The molecule has 1 aromatic heterocycles. The highest BCUT2D eigenvalue weighted by Crippen LogP contribution is 2.24. The maximum absolute atomic E-state index is 11.8. The van der Waals surface area contributed by atoms with Gasteiger partial charge in [-0.1, -0.05) is 6.07 Å². The molecule has 1 aliphatic rings. The zero-order valence-electron chi connectivity index (χ0n) is 9.34. The molecule has 0 aliphatic carbocycles. The van der Waals surface area contributed by atoms with Crippen LogP contribution in [0.2, 0.25) is 0 Å². The Morgan fingerprint density at radius 2 is 2.18 bits per heavy atom. The van der Waals surface area contributed by atoms with Gasteiger partial charge in [0.15, 0.2) is 0 Å². The first-order valence-corrected chi connectivity index (χ1v) is 5.64. The molecular formula is C13H13N3O. The standard InChI is InChI=1S/C13H13N3O/c14-11-6-13(17)16(8-11)12-2-1-10-7-15-4-3-9(10)5-12/h1-5,7,11H,6,8,14H2. The molecule has 1 unspecified atom stereocenters. The van der Waals surface area contributed by atoms with E-state index in [0.29, 0.717) is 13.0 Å². The second-order valence-corrected chi connectivity index (χ2v) is 4.38. The summed E-state index contributed by atoms with van der Waals surface area (Å²) < 4.78 is 0. The highest BCUT2D eigenvalue weighted by molar-refractivity contribution is 5.98. The van der Waals surface area contributed by atoms with Crippen molar-refractivity contribution in [1.82, 2.24) is 4.98 Å². The van der Waals surface area contributed by atoms with Crippen molar-refractivity contribution in [3.63, 3.8) is 0 Å². The molecule has 17 heavy (non-hydrogen) atoms. The van der Waals surface area contributed by atoms with Crippen LogP contribution in [0.15, 0.2) is 36.7 Å². The summed E-state index contributed by atoms with van der Waals surface area (Å²) in [5.74, 6) is 0.103. The lowest BCUT2D eigenvalue weighted by atomic mass is 10.1. The predicted octanol–water partition coefficient (Wildman–Crippen LogP) is 1.30. The smallest absolute Gasteiger partial charge is 0.228 e. The Labute approximate surface area is 99.0 Å². The molecule has 1 fully saturated rings. The monoisotopic (exact) mass is 227 g/mol. The quantitative estimate of drug-likeness (QED) is 0.798. The number of aromatic nitrogens is 1. The van der Waals surface area contributed by atoms with Gasteiger partial charge in [-0.2, -0.15) is 0 Å². The van der Waals surface area contributed by atoms with E-state index in [0.717, 1.165) is 16.5 Å². The molecule has 1 saturated heterocycles. The second-order valence-electron chi connectivity index (χ2n) is 4.38. The number of hydrogen-bond donors (Lipinski definition) is 1. The first-order valence-electron chi connectivity index (χ1n) is 5.64. The summed E-state index contributed by atoms with van der Waals surface area (Å²) in [5.41, 5.74) is 6.71. The van der Waals surface area contributed by atoms with Crippen molar-refractivity contribution >= 4 is 22.4 Å². The number of amides is 1. The number of carbonyl (C=O) groups is 1. The third kappa shape index (κ3) is 1.76. The predicted molar refractivity (Wildman–Crippen MR) is 66.7 cm³/mol. The number of hydrogen-bond acceptors (Lipinski definition) is 3. The van der Waals surface area contributed by atoms with E-state index in [1.807, 2.05) is 30.5 Å². The van der Waals surface area contributed by atoms with Gasteiger partial charge in [-0.15, -0.1) is 0 Å². The molecule has 1 aromatic carbocycles. The van der Waals surface area contributed by atoms with Crippen LogP contribution in [0, 0.1) is 0 Å². The molecule has 1 atom stereocenters. The zero-order valence-corrected chi connectivity index (χ0v) is 9.34. The summed E-state index contributed by atoms with van der Waals surface area (Å²) in [6.45, 7) is 0.607. The summed E-state index contributed by atoms with van der Waals surface area (Å²) in [5, 5.41) is 2.16. The number of carbonyl (C=O) groups excluding carboxylic acids is 1. The number of fused-ring (bicyclic) bond motifs is 1. The van der Waals surface area contributed by atoms with Gasteiger partial charge < -0.3 is 10.6 Å². The molecule has 2 heterocycles. The Bertz CT molecular complexity index is 582. The average Bonchev–Trinajstić information content (AvgIpc) is 2.68. The lowest BCUT2D eigenvalue weighted by molar-refractivity contribution is -0.117. The minimum absolute atomic E-state index is 0.0457. The molecule has 0 radical (unpaired) electrons. The van der Waals surface area contributed by atoms with Crippen LogP contribution in [-0.4, -0.2) is 23.5 Å². The van der Waals surface area contributed by atoms with Crippen LogP contribution in [0.1, 0.15) is 6.42 Å². The van der Waals surface area contributed by atoms with Crippen molar-refractivity contribution in [3.05, 3.63) is 36.7 Å². The molecule has 2 aromatic rings. The van der Waals surface area contributed by atoms with E-state index in [2.05, 4.69) is 4.98 Å². The van der Waals surface area contributed by atoms with Gasteiger partial charge in [-0.3, -0.25) is 9.78 Å². The molecule has 2 N–H and O–H groups in total. The van der Waals surface area contributed by atoms with Crippen LogP contribution in [0.25, 0.3) is 10.8 Å². The minimum atomic E-state index is -0.0457. The number of benzene rings is 1. The molecule has 0 bridgehead atoms. The molecule has 1 aliphatic heterocycles. The third-order valence-electron chi connectivity index (χ3n) is 3.09. The van der Waals surface area contributed by atoms with E-state index in [1.54, 1.807) is 11.1 Å². The summed E-state index contributed by atoms with van der Waals surface area (Å²) in [6.07, 6.45) is 4.01. The van der Waals surface area contributed by atoms with Gasteiger partial charge in [0.1, 0.15) is 0 Å². The highest BCUT2D eigenvalue weighted by Gasteiger charge is 2.27. The average molecular weight is 227 g/mol. The van der Waals surface area contributed by atoms with Crippen molar-refractivity contribution in [2.75, 3.05) is 11.4 Å². The van der Waals surface area contributed by atoms with E-state index in [9.17, 15) is 4.79 Å². The van der Waals surface area contributed by atoms with Gasteiger partial charge >= 0.3 is 0 Å². The van der Waals surface area contributed by atoms with Crippen molar-refractivity contribution < 1.29 is 4.79 Å². The fraction of sp³-hybridized carbons (Fsp3) is 0.231. The van der Waals surface area contributed by atoms with E-state index < -0.39 is 0 Å². The largest absolute Gasteiger partial charge is 0.326 e. The number of pyridine rings is 1. The second kappa shape index (κ2) is 3.82. The Balaban J connectivity index is 2.03. The highest BCUT2D eigenvalue weighted by atomic mass is 16.2. The van der Waals surface area contributed by atoms with Crippen molar-refractivity contribution in [2.24, 2.45) is 5.73 Å². The summed E-state index contributed by atoms with van der Waals surface area (Å²) in [6, 6.07) is 7.83. The van der Waals surface area contributed by atoms with Gasteiger partial charge in [0.05, 0.1) is 0 Å². The summed E-state index contributed by atoms with van der Waals surface area (Å²) >= 11 is 0. The van der Waals surface area contributed by atoms with Gasteiger partial charge in [-0.25, -0.2) is 0 Å². The van der Waals surface area contributed by atoms with Crippen LogP contribution in [0.5, 0.6) is 0 Å². The number of anilines is 1. The maximum Gasteiger partial charge on any atom is 0.228 e. The third-order valence-corrected chi connectivity index (χ3v) is 3.09. The number of rotatable bonds is 1. The Morgan fingerprint density at radius 1 is 1.29 bits per heavy atom. The molecule has 0 spiro atoms. The van der Waals surface area contributed by atoms with Crippen LogP contribution < -0.4 is 10.6 Å². The lowest BCUT2D eigenvalue weighted by Gasteiger charge is -2.16. The fourth-order valence-electron chi connectivity index (χ4n) is 2.22. The zero-order chi connectivity index (χ0) is 11.8. The Kier molecular flexibility index (Phi) is 2.30. The van der Waals surface area contributed by atoms with E-state index in [4.69, 9.17) is 5.73 Å². The number of nitrogens with two attached hydrogens (primary N) is 1. The van der Waals surface area contributed by atoms with Crippen LogP contribution >= 0.6 is 0 Å². The van der Waals surface area contributed by atoms with Crippen molar-refractivity contribution in [3.8, 4) is 0 Å². The molecule has 3 rings (SSSR count). The van der Waals surface area contributed by atoms with Crippen LogP contribution in [-0.2, 0) is 4.79 Å². The normalized spacial score (nSPS) is 20.2. The van der Waals surface area contributed by atoms with Crippen LogP contribution in [0.3, 0.4) is 0 Å². The fourth-order valence-corrected chi connectivity index (χ4v) is 2.22. The molecule has 0 saturated carbocycles. The van der Waals surface area contributed by atoms with Crippen molar-refractivity contribution in [2.45, 2.75) is 12.5 Å². The maximum atomic E-state index is 11.8. The Morgan fingerprint density at radius 3 is 2.94 bits per heavy atom. The van der Waals surface area contributed by atoms with Gasteiger partial charge in [0.25, 0.3) is 0 Å². The lowest BCUT2D eigenvalue weighted by Crippen LogP contribution is -2.27. The van der Waals surface area contributed by atoms with Crippen molar-refractivity contribution in [1.29, 1.82) is 0 Å². The van der Waals surface area contributed by atoms with Gasteiger partial charge in [0.2, 0.25) is 5.91 Å². The SMILES string of the molecule is NC1CC(=O)N(c2ccc3cnccc3c2)C1. The minimum Gasteiger partial charge on any atom is -0.326 e.